The van der Waals surface area contributed by atoms with Crippen LogP contribution >= 0.6 is 11.3 Å². The van der Waals surface area contributed by atoms with Gasteiger partial charge in [-0.3, -0.25) is 4.79 Å². The van der Waals surface area contributed by atoms with Crippen LogP contribution in [0.25, 0.3) is 22.6 Å². The van der Waals surface area contributed by atoms with Crippen molar-refractivity contribution in [1.29, 1.82) is 5.26 Å². The van der Waals surface area contributed by atoms with Crippen molar-refractivity contribution < 1.29 is 14.3 Å². The Kier molecular flexibility index (Phi) is 6.01. The van der Waals surface area contributed by atoms with Crippen molar-refractivity contribution in [1.82, 2.24) is 0 Å². The van der Waals surface area contributed by atoms with Crippen LogP contribution in [-0.4, -0.2) is 11.1 Å². The highest BCUT2D eigenvalue weighted by Gasteiger charge is 2.46. The van der Waals surface area contributed by atoms with Gasteiger partial charge in [0.15, 0.2) is 0 Å². The molecule has 1 aliphatic carbocycles. The summed E-state index contributed by atoms with van der Waals surface area (Å²) in [6.07, 6.45) is 7.20. The Labute approximate surface area is 185 Å². The van der Waals surface area contributed by atoms with E-state index in [0.29, 0.717) is 6.42 Å². The standard InChI is InChI=1S/C26H22FNO2S/c27-21-10-11-22(23-12-13-24(31-23)26(17-28)14-15-26)20(16-21)9-8-19-6-4-18(5-7-19)2-1-3-25(29)30/h4-13,16H,1-3,14-15H2,(H,29,30). The molecule has 0 atom stereocenters. The van der Waals surface area contributed by atoms with Crippen LogP contribution in [0.5, 0.6) is 0 Å². The Balaban J connectivity index is 1.52. The van der Waals surface area contributed by atoms with Crippen LogP contribution in [0.3, 0.4) is 0 Å². The number of carboxylic acid groups (broad SMARTS) is 1. The van der Waals surface area contributed by atoms with Gasteiger partial charge >= 0.3 is 5.97 Å². The molecule has 1 aliphatic rings. The van der Waals surface area contributed by atoms with E-state index in [9.17, 15) is 14.4 Å². The second-order valence-electron chi connectivity index (χ2n) is 7.91. The number of nitrogens with zero attached hydrogens (tertiary/aromatic N) is 1. The molecule has 0 amide bonds. The van der Waals surface area contributed by atoms with E-state index in [4.69, 9.17) is 5.11 Å². The summed E-state index contributed by atoms with van der Waals surface area (Å²) < 4.78 is 14.0. The fourth-order valence-corrected chi connectivity index (χ4v) is 4.85. The van der Waals surface area contributed by atoms with Gasteiger partial charge in [0.05, 0.1) is 11.5 Å². The highest BCUT2D eigenvalue weighted by atomic mass is 32.1. The van der Waals surface area contributed by atoms with Gasteiger partial charge in [0.2, 0.25) is 0 Å². The third kappa shape index (κ3) is 4.92. The zero-order valence-corrected chi connectivity index (χ0v) is 17.8. The Morgan fingerprint density at radius 2 is 1.90 bits per heavy atom. The Hall–Kier alpha value is -3.23. The lowest BCUT2D eigenvalue weighted by molar-refractivity contribution is -0.137. The summed E-state index contributed by atoms with van der Waals surface area (Å²) in [5.41, 5.74) is 3.52. The number of hydrogen-bond donors (Lipinski definition) is 1. The van der Waals surface area contributed by atoms with Crippen molar-refractivity contribution in [2.24, 2.45) is 0 Å². The average Bonchev–Trinajstić information content (AvgIpc) is 3.41. The lowest BCUT2D eigenvalue weighted by atomic mass is 10.0. The zero-order valence-electron chi connectivity index (χ0n) is 17.0. The van der Waals surface area contributed by atoms with Crippen molar-refractivity contribution in [2.45, 2.75) is 37.5 Å². The molecule has 1 saturated carbocycles. The van der Waals surface area contributed by atoms with Gasteiger partial charge in [0, 0.05) is 16.2 Å². The molecule has 1 aromatic heterocycles. The third-order valence-electron chi connectivity index (χ3n) is 5.61. The van der Waals surface area contributed by atoms with E-state index in [0.717, 1.165) is 51.3 Å². The maximum absolute atomic E-state index is 14.0. The summed E-state index contributed by atoms with van der Waals surface area (Å²) in [6, 6.07) is 19.2. The third-order valence-corrected chi connectivity index (χ3v) is 6.93. The summed E-state index contributed by atoms with van der Waals surface area (Å²) in [6.45, 7) is 0. The SMILES string of the molecule is N#CC1(c2ccc(-c3ccc(F)cc3C=Cc3ccc(CCCC(=O)O)cc3)s2)CC1. The van der Waals surface area contributed by atoms with Crippen LogP contribution in [0.4, 0.5) is 4.39 Å². The molecule has 1 heterocycles. The fraction of sp³-hybridized carbons (Fsp3) is 0.231. The molecule has 2 aromatic carbocycles. The molecule has 0 saturated heterocycles. The number of carbonyl (C=O) groups is 1. The predicted octanol–water partition coefficient (Wildman–Crippen LogP) is 6.69. The number of thiophene rings is 1. The second kappa shape index (κ2) is 8.87. The molecule has 4 rings (SSSR count). The van der Waals surface area contributed by atoms with E-state index in [1.807, 2.05) is 48.6 Å². The van der Waals surface area contributed by atoms with E-state index in [1.165, 1.54) is 12.1 Å². The van der Waals surface area contributed by atoms with Crippen LogP contribution in [0.15, 0.2) is 54.6 Å². The van der Waals surface area contributed by atoms with Crippen molar-refractivity contribution in [2.75, 3.05) is 0 Å². The Bertz CT molecular complexity index is 1170. The van der Waals surface area contributed by atoms with E-state index in [1.54, 1.807) is 17.4 Å². The summed E-state index contributed by atoms with van der Waals surface area (Å²) in [7, 11) is 0. The number of nitriles is 1. The maximum Gasteiger partial charge on any atom is 0.303 e. The molecule has 0 bridgehead atoms. The zero-order chi connectivity index (χ0) is 21.8. The van der Waals surface area contributed by atoms with E-state index in [2.05, 4.69) is 6.07 Å². The van der Waals surface area contributed by atoms with Crippen molar-refractivity contribution in [3.8, 4) is 16.5 Å². The molecule has 1 fully saturated rings. The Morgan fingerprint density at radius 1 is 1.13 bits per heavy atom. The van der Waals surface area contributed by atoms with Gasteiger partial charge in [-0.15, -0.1) is 11.3 Å². The first-order valence-electron chi connectivity index (χ1n) is 10.3. The molecule has 3 nitrogen and oxygen atoms in total. The number of benzene rings is 2. The second-order valence-corrected chi connectivity index (χ2v) is 9.00. The molecule has 1 N–H and O–H groups in total. The van der Waals surface area contributed by atoms with Crippen LogP contribution in [0.2, 0.25) is 0 Å². The van der Waals surface area contributed by atoms with E-state index < -0.39 is 5.97 Å². The summed E-state index contributed by atoms with van der Waals surface area (Å²) in [5.74, 6) is -1.06. The minimum absolute atomic E-state index is 0.171. The summed E-state index contributed by atoms with van der Waals surface area (Å²) >= 11 is 1.61. The van der Waals surface area contributed by atoms with Gasteiger partial charge in [-0.25, -0.2) is 4.39 Å². The maximum atomic E-state index is 14.0. The molecular weight excluding hydrogens is 409 g/mol. The first kappa shape index (κ1) is 21.0. The Morgan fingerprint density at radius 3 is 2.58 bits per heavy atom. The van der Waals surface area contributed by atoms with Gasteiger partial charge in [0.25, 0.3) is 0 Å². The van der Waals surface area contributed by atoms with Crippen LogP contribution in [0.1, 0.15) is 47.3 Å². The summed E-state index contributed by atoms with van der Waals surface area (Å²) in [5, 5.41) is 18.2. The summed E-state index contributed by atoms with van der Waals surface area (Å²) in [4.78, 5) is 12.8. The van der Waals surface area contributed by atoms with Gasteiger partial charge in [0.1, 0.15) is 5.82 Å². The minimum Gasteiger partial charge on any atom is -0.481 e. The van der Waals surface area contributed by atoms with E-state index in [-0.39, 0.29) is 17.7 Å². The quantitative estimate of drug-likeness (QED) is 0.404. The van der Waals surface area contributed by atoms with Gasteiger partial charge in [-0.1, -0.05) is 42.5 Å². The average molecular weight is 432 g/mol. The predicted molar refractivity (Wildman–Crippen MR) is 122 cm³/mol. The topological polar surface area (TPSA) is 61.1 Å². The number of carboxylic acids is 1. The largest absolute Gasteiger partial charge is 0.481 e. The van der Waals surface area contributed by atoms with Crippen molar-refractivity contribution in [3.05, 3.63) is 82.0 Å². The first-order chi connectivity index (χ1) is 15.0. The number of hydrogen-bond acceptors (Lipinski definition) is 3. The number of halogens is 1. The number of aliphatic carboxylic acids is 1. The highest BCUT2D eigenvalue weighted by molar-refractivity contribution is 7.15. The lowest BCUT2D eigenvalue weighted by Gasteiger charge is -2.06. The van der Waals surface area contributed by atoms with Gasteiger partial charge < -0.3 is 5.11 Å². The monoisotopic (exact) mass is 431 g/mol. The van der Waals surface area contributed by atoms with E-state index >= 15 is 0 Å². The fourth-order valence-electron chi connectivity index (χ4n) is 3.60. The molecule has 5 heteroatoms. The lowest BCUT2D eigenvalue weighted by Crippen LogP contribution is -1.97. The molecule has 156 valence electrons. The first-order valence-corrected chi connectivity index (χ1v) is 11.1. The highest BCUT2D eigenvalue weighted by Crippen LogP contribution is 2.51. The molecule has 0 radical (unpaired) electrons. The van der Waals surface area contributed by atoms with Crippen molar-refractivity contribution >= 4 is 29.5 Å². The van der Waals surface area contributed by atoms with Gasteiger partial charge in [-0.05, 0) is 72.2 Å². The number of rotatable bonds is 8. The normalized spacial score (nSPS) is 14.5. The molecule has 31 heavy (non-hydrogen) atoms. The van der Waals surface area contributed by atoms with Crippen LogP contribution < -0.4 is 0 Å². The smallest absolute Gasteiger partial charge is 0.303 e. The molecule has 0 spiro atoms. The molecule has 0 unspecified atom stereocenters. The molecule has 0 aliphatic heterocycles. The number of aryl methyl sites for hydroxylation is 1. The molecule has 3 aromatic rings. The minimum atomic E-state index is -0.775. The molecular formula is C26H22FNO2S. The van der Waals surface area contributed by atoms with Crippen LogP contribution in [0, 0.1) is 17.1 Å². The van der Waals surface area contributed by atoms with Crippen molar-refractivity contribution in [3.63, 3.8) is 0 Å². The van der Waals surface area contributed by atoms with Crippen LogP contribution in [-0.2, 0) is 16.6 Å². The van der Waals surface area contributed by atoms with Gasteiger partial charge in [-0.2, -0.15) is 5.26 Å².